The second kappa shape index (κ2) is 7.27. The largest absolute Gasteiger partial charge is 0.493 e. The second-order valence-corrected chi connectivity index (χ2v) is 5.27. The van der Waals surface area contributed by atoms with E-state index in [2.05, 4.69) is 6.58 Å². The quantitative estimate of drug-likeness (QED) is 0.724. The van der Waals surface area contributed by atoms with Crippen molar-refractivity contribution < 1.29 is 19.0 Å². The van der Waals surface area contributed by atoms with Gasteiger partial charge in [0.2, 0.25) is 0 Å². The van der Waals surface area contributed by atoms with E-state index in [9.17, 15) is 4.79 Å². The molecule has 0 aliphatic heterocycles. The Balaban J connectivity index is 2.05. The lowest BCUT2D eigenvalue weighted by molar-refractivity contribution is -0.116. The van der Waals surface area contributed by atoms with Crippen molar-refractivity contribution in [2.75, 3.05) is 14.2 Å². The van der Waals surface area contributed by atoms with E-state index in [-0.39, 0.29) is 11.9 Å². The third-order valence-electron chi connectivity index (χ3n) is 3.91. The fraction of sp³-hybridized carbons (Fsp3) is 0.389. The van der Waals surface area contributed by atoms with E-state index in [1.165, 1.54) is 0 Å². The predicted octanol–water partition coefficient (Wildman–Crippen LogP) is 3.45. The van der Waals surface area contributed by atoms with Gasteiger partial charge in [0, 0.05) is 12.0 Å². The molecule has 4 nitrogen and oxygen atoms in total. The number of Topliss-reactive ketones (excluding diaryl/α,β-unsaturated/α-hetero) is 1. The highest BCUT2D eigenvalue weighted by Gasteiger charge is 2.29. The molecular weight excluding hydrogens is 280 g/mol. The number of allylic oxidation sites excluding steroid dienone is 2. The summed E-state index contributed by atoms with van der Waals surface area (Å²) in [4.78, 5) is 12.0. The average molecular weight is 302 g/mol. The van der Waals surface area contributed by atoms with Crippen LogP contribution < -0.4 is 9.47 Å². The zero-order valence-electron chi connectivity index (χ0n) is 13.3. The smallest absolute Gasteiger partial charge is 0.162 e. The van der Waals surface area contributed by atoms with Crippen LogP contribution in [0.5, 0.6) is 11.5 Å². The summed E-state index contributed by atoms with van der Waals surface area (Å²) in [7, 11) is 3.21. The summed E-state index contributed by atoms with van der Waals surface area (Å²) in [5.74, 6) is 1.52. The highest BCUT2D eigenvalue weighted by atomic mass is 16.5. The van der Waals surface area contributed by atoms with Crippen molar-refractivity contribution in [2.24, 2.45) is 0 Å². The lowest BCUT2D eigenvalue weighted by Crippen LogP contribution is -2.12. The first-order valence-corrected chi connectivity index (χ1v) is 7.27. The van der Waals surface area contributed by atoms with Crippen molar-refractivity contribution in [3.8, 4) is 11.5 Å². The molecule has 0 bridgehead atoms. The van der Waals surface area contributed by atoms with Crippen molar-refractivity contribution in [1.82, 2.24) is 0 Å². The maximum Gasteiger partial charge on any atom is 0.162 e. The van der Waals surface area contributed by atoms with Crippen molar-refractivity contribution in [2.45, 2.75) is 32.5 Å². The van der Waals surface area contributed by atoms with Crippen LogP contribution in [0.4, 0.5) is 0 Å². The van der Waals surface area contributed by atoms with E-state index in [1.807, 2.05) is 25.1 Å². The van der Waals surface area contributed by atoms with Gasteiger partial charge in [-0.3, -0.25) is 4.79 Å². The minimum absolute atomic E-state index is 0.143. The summed E-state index contributed by atoms with van der Waals surface area (Å²) in [6.07, 6.45) is 2.65. The normalized spacial score (nSPS) is 17.8. The number of carbonyl (C=O) groups excluding carboxylic acids is 1. The molecular formula is C18H22O4. The average Bonchev–Trinajstić information content (AvgIpc) is 2.80. The first-order chi connectivity index (χ1) is 10.6. The Hall–Kier alpha value is -2.07. The molecule has 4 heteroatoms. The third-order valence-corrected chi connectivity index (χ3v) is 3.91. The molecule has 0 fully saturated rings. The summed E-state index contributed by atoms with van der Waals surface area (Å²) in [6, 6.07) is 5.67. The Labute approximate surface area is 131 Å². The van der Waals surface area contributed by atoms with Gasteiger partial charge in [0.15, 0.2) is 17.3 Å². The molecule has 118 valence electrons. The van der Waals surface area contributed by atoms with Gasteiger partial charge in [0.05, 0.1) is 26.9 Å². The molecule has 0 radical (unpaired) electrons. The standard InChI is InChI=1S/C18H22O4/c1-5-6-14-12(2)17(10-15(14)19)22-11-13-7-8-16(20-3)18(9-13)21-4/h5,7-9,17H,1,6,10-11H2,2-4H3. The summed E-state index contributed by atoms with van der Waals surface area (Å²) >= 11 is 0. The van der Waals surface area contributed by atoms with Crippen LogP contribution in [0, 0.1) is 0 Å². The van der Waals surface area contributed by atoms with Crippen molar-refractivity contribution in [3.63, 3.8) is 0 Å². The lowest BCUT2D eigenvalue weighted by Gasteiger charge is -2.14. The van der Waals surface area contributed by atoms with Crippen molar-refractivity contribution >= 4 is 5.78 Å². The zero-order valence-corrected chi connectivity index (χ0v) is 13.3. The van der Waals surface area contributed by atoms with Gasteiger partial charge < -0.3 is 14.2 Å². The molecule has 0 saturated carbocycles. The van der Waals surface area contributed by atoms with Gasteiger partial charge >= 0.3 is 0 Å². The first kappa shape index (κ1) is 16.3. The Morgan fingerprint density at radius 1 is 1.27 bits per heavy atom. The van der Waals surface area contributed by atoms with Crippen LogP contribution >= 0.6 is 0 Å². The molecule has 0 spiro atoms. The van der Waals surface area contributed by atoms with Crippen LogP contribution in [0.3, 0.4) is 0 Å². The topological polar surface area (TPSA) is 44.8 Å². The lowest BCUT2D eigenvalue weighted by atomic mass is 10.1. The molecule has 1 aliphatic carbocycles. The molecule has 1 aromatic rings. The molecule has 2 rings (SSSR count). The predicted molar refractivity (Wildman–Crippen MR) is 85.3 cm³/mol. The van der Waals surface area contributed by atoms with E-state index >= 15 is 0 Å². The molecule has 0 aromatic heterocycles. The van der Waals surface area contributed by atoms with Gasteiger partial charge in [0.25, 0.3) is 0 Å². The monoisotopic (exact) mass is 302 g/mol. The summed E-state index contributed by atoms with van der Waals surface area (Å²) < 4.78 is 16.4. The molecule has 0 amide bonds. The van der Waals surface area contributed by atoms with Crippen LogP contribution in [0.2, 0.25) is 0 Å². The van der Waals surface area contributed by atoms with E-state index in [1.54, 1.807) is 20.3 Å². The van der Waals surface area contributed by atoms with E-state index < -0.39 is 0 Å². The minimum Gasteiger partial charge on any atom is -0.493 e. The maximum absolute atomic E-state index is 12.0. The van der Waals surface area contributed by atoms with Crippen LogP contribution in [0.15, 0.2) is 42.0 Å². The highest BCUT2D eigenvalue weighted by molar-refractivity contribution is 5.99. The number of ether oxygens (including phenoxy) is 3. The highest BCUT2D eigenvalue weighted by Crippen LogP contribution is 2.31. The Bertz CT molecular complexity index is 601. The second-order valence-electron chi connectivity index (χ2n) is 5.27. The Morgan fingerprint density at radius 3 is 2.64 bits per heavy atom. The number of ketones is 1. The molecule has 0 saturated heterocycles. The van der Waals surface area contributed by atoms with Crippen LogP contribution in [-0.2, 0) is 16.1 Å². The Morgan fingerprint density at radius 2 is 2.00 bits per heavy atom. The molecule has 0 heterocycles. The van der Waals surface area contributed by atoms with Crippen LogP contribution in [-0.4, -0.2) is 26.1 Å². The minimum atomic E-state index is -0.143. The maximum atomic E-state index is 12.0. The number of hydrogen-bond donors (Lipinski definition) is 0. The van der Waals surface area contributed by atoms with Gasteiger partial charge in [-0.15, -0.1) is 6.58 Å². The van der Waals surface area contributed by atoms with E-state index in [0.29, 0.717) is 30.9 Å². The summed E-state index contributed by atoms with van der Waals surface area (Å²) in [5.41, 5.74) is 2.84. The first-order valence-electron chi connectivity index (χ1n) is 7.27. The summed E-state index contributed by atoms with van der Waals surface area (Å²) in [5, 5.41) is 0. The third kappa shape index (κ3) is 3.39. The van der Waals surface area contributed by atoms with Gasteiger partial charge in [-0.25, -0.2) is 0 Å². The molecule has 0 N–H and O–H groups in total. The van der Waals surface area contributed by atoms with Gasteiger partial charge in [-0.1, -0.05) is 12.1 Å². The van der Waals surface area contributed by atoms with Crippen molar-refractivity contribution in [1.29, 1.82) is 0 Å². The molecule has 22 heavy (non-hydrogen) atoms. The van der Waals surface area contributed by atoms with E-state index in [4.69, 9.17) is 14.2 Å². The number of carbonyl (C=O) groups is 1. The number of methoxy groups -OCH3 is 2. The van der Waals surface area contributed by atoms with Gasteiger partial charge in [-0.05, 0) is 36.6 Å². The molecule has 1 aromatic carbocycles. The number of benzene rings is 1. The molecule has 1 aliphatic rings. The van der Waals surface area contributed by atoms with Crippen molar-refractivity contribution in [3.05, 3.63) is 47.6 Å². The fourth-order valence-corrected chi connectivity index (χ4v) is 2.63. The number of hydrogen-bond acceptors (Lipinski definition) is 4. The fourth-order valence-electron chi connectivity index (χ4n) is 2.63. The molecule has 1 atom stereocenters. The Kier molecular flexibility index (Phi) is 5.39. The van der Waals surface area contributed by atoms with Crippen LogP contribution in [0.1, 0.15) is 25.3 Å². The number of rotatable bonds is 7. The SMILES string of the molecule is C=CCC1=C(C)C(OCc2ccc(OC)c(OC)c2)CC1=O. The summed E-state index contributed by atoms with van der Waals surface area (Å²) in [6.45, 7) is 6.08. The van der Waals surface area contributed by atoms with E-state index in [0.717, 1.165) is 16.7 Å². The molecule has 1 unspecified atom stereocenters. The van der Waals surface area contributed by atoms with Crippen LogP contribution in [0.25, 0.3) is 0 Å². The zero-order chi connectivity index (χ0) is 16.1. The van der Waals surface area contributed by atoms with Gasteiger partial charge in [-0.2, -0.15) is 0 Å². The van der Waals surface area contributed by atoms with Gasteiger partial charge in [0.1, 0.15) is 0 Å².